The maximum atomic E-state index is 13.7. The van der Waals surface area contributed by atoms with Crippen molar-refractivity contribution in [2.24, 2.45) is 22.7 Å². The van der Waals surface area contributed by atoms with Gasteiger partial charge < -0.3 is 31.0 Å². The molecule has 204 valence electrons. The normalized spacial score (nSPS) is 27.5. The average molecular weight is 529 g/mol. The van der Waals surface area contributed by atoms with Crippen LogP contribution < -0.4 is 5.73 Å². The Morgan fingerprint density at radius 2 is 1.84 bits per heavy atom. The molecule has 1 aromatic carbocycles. The van der Waals surface area contributed by atoms with Gasteiger partial charge in [-0.1, -0.05) is 5.16 Å². The number of Topliss-reactive ketones (excluding diaryl/α,β-unsaturated/α-hetero) is 2. The second kappa shape index (κ2) is 9.53. The Labute approximate surface area is 219 Å². The van der Waals surface area contributed by atoms with E-state index in [4.69, 9.17) is 10.6 Å². The number of oxime groups is 1. The lowest BCUT2D eigenvalue weighted by Crippen LogP contribution is -2.63. The van der Waals surface area contributed by atoms with Crippen molar-refractivity contribution in [3.05, 3.63) is 51.5 Å². The molecule has 1 aromatic rings. The Morgan fingerprint density at radius 1 is 1.18 bits per heavy atom. The molecule has 12 heteroatoms. The molecular weight excluding hydrogens is 496 g/mol. The fourth-order valence-corrected chi connectivity index (χ4v) is 5.88. The zero-order chi connectivity index (χ0) is 28.3. The van der Waals surface area contributed by atoms with Crippen LogP contribution in [0.5, 0.6) is 5.75 Å². The number of allylic oxidation sites excluding steroid dienone is 1. The lowest BCUT2D eigenvalue weighted by Gasteiger charge is -2.50. The molecule has 4 unspecified atom stereocenters. The number of hydrogen-bond donors (Lipinski definition) is 5. The minimum absolute atomic E-state index is 0.00811. The van der Waals surface area contributed by atoms with Crippen molar-refractivity contribution in [3.63, 3.8) is 0 Å². The summed E-state index contributed by atoms with van der Waals surface area (Å²) in [5.74, 6) is -6.89. The summed E-state index contributed by atoms with van der Waals surface area (Å²) in [5.41, 5.74) is 3.05. The average Bonchev–Trinajstić information content (AvgIpc) is 2.80. The molecule has 0 aromatic heterocycles. The Kier molecular flexibility index (Phi) is 6.85. The van der Waals surface area contributed by atoms with Crippen molar-refractivity contribution in [1.29, 1.82) is 0 Å². The number of phenolic OH excluding ortho intramolecular Hbond substituents is 1. The molecule has 0 heterocycles. The molecule has 3 aliphatic rings. The standard InChI is InChI=1S/C26H32N4O8/c1-11(28-38-10-29(2)3)13-6-7-16(31)18-14(13)8-12-9-15-20(30(4)5)22(33)19(25(27)36)24(35)26(15,37)23(34)17(12)21(18)32/h6-7,12,15,20,31,33-34,37H,8-10H2,1-5H3,(H2,27,36)/b28-11-. The zero-order valence-corrected chi connectivity index (χ0v) is 21.8. The first-order valence-corrected chi connectivity index (χ1v) is 12.0. The molecule has 0 spiro atoms. The summed E-state index contributed by atoms with van der Waals surface area (Å²) >= 11 is 0. The first-order valence-electron chi connectivity index (χ1n) is 12.0. The van der Waals surface area contributed by atoms with Gasteiger partial charge in [-0.05, 0) is 71.6 Å². The Bertz CT molecular complexity index is 1330. The third-order valence-electron chi connectivity index (χ3n) is 7.51. The van der Waals surface area contributed by atoms with Crippen LogP contribution in [0.3, 0.4) is 0 Å². The van der Waals surface area contributed by atoms with Crippen LogP contribution >= 0.6 is 0 Å². The third kappa shape index (κ3) is 3.96. The van der Waals surface area contributed by atoms with Crippen LogP contribution in [0.1, 0.15) is 34.8 Å². The van der Waals surface area contributed by atoms with Crippen LogP contribution in [0.4, 0.5) is 0 Å². The minimum Gasteiger partial charge on any atom is -0.510 e. The number of hydrogen-bond acceptors (Lipinski definition) is 11. The SMILES string of the molecule is C/C(=N/OCN(C)C)c1ccc(O)c2c1CC1CC3C(N(C)C)C(O)=C(C(N)=O)C(=O)C3(O)C(O)=C1C2=O. The van der Waals surface area contributed by atoms with Crippen LogP contribution in [0.25, 0.3) is 0 Å². The van der Waals surface area contributed by atoms with E-state index in [-0.39, 0.29) is 36.5 Å². The molecule has 1 amide bonds. The molecule has 12 nitrogen and oxygen atoms in total. The predicted octanol–water partition coefficient (Wildman–Crippen LogP) is 0.380. The summed E-state index contributed by atoms with van der Waals surface area (Å²) in [6, 6.07) is 1.90. The van der Waals surface area contributed by atoms with E-state index in [1.165, 1.54) is 11.0 Å². The van der Waals surface area contributed by atoms with Crippen LogP contribution in [0.2, 0.25) is 0 Å². The number of likely N-dealkylation sites (N-methyl/N-ethyl adjacent to an activating group) is 1. The quantitative estimate of drug-likeness (QED) is 0.150. The van der Waals surface area contributed by atoms with Gasteiger partial charge in [0.1, 0.15) is 22.8 Å². The van der Waals surface area contributed by atoms with Crippen molar-refractivity contribution >= 4 is 23.2 Å². The number of phenols is 1. The highest BCUT2D eigenvalue weighted by Crippen LogP contribution is 2.52. The molecule has 0 saturated heterocycles. The number of primary amides is 1. The minimum atomic E-state index is -2.67. The third-order valence-corrected chi connectivity index (χ3v) is 7.51. The monoisotopic (exact) mass is 528 g/mol. The number of carbonyl (C=O) groups is 3. The highest BCUT2D eigenvalue weighted by Gasteiger charge is 2.63. The van der Waals surface area contributed by atoms with Crippen LogP contribution in [-0.2, 0) is 20.8 Å². The summed E-state index contributed by atoms with van der Waals surface area (Å²) < 4.78 is 0. The molecule has 0 aliphatic heterocycles. The Balaban J connectivity index is 1.88. The number of rotatable bonds is 6. The molecule has 3 aliphatic carbocycles. The van der Waals surface area contributed by atoms with E-state index in [0.717, 1.165) is 0 Å². The van der Waals surface area contributed by atoms with E-state index in [0.29, 0.717) is 16.8 Å². The molecular formula is C26H32N4O8. The maximum absolute atomic E-state index is 13.7. The van der Waals surface area contributed by atoms with Crippen molar-refractivity contribution < 1.29 is 39.6 Å². The maximum Gasteiger partial charge on any atom is 0.255 e. The number of aromatic hydroxyl groups is 1. The topological polar surface area (TPSA) is 186 Å². The van der Waals surface area contributed by atoms with Crippen LogP contribution in [0, 0.1) is 11.8 Å². The largest absolute Gasteiger partial charge is 0.510 e. The van der Waals surface area contributed by atoms with Gasteiger partial charge in [-0.3, -0.25) is 24.2 Å². The number of benzene rings is 1. The summed E-state index contributed by atoms with van der Waals surface area (Å²) in [6.45, 7) is 1.93. The summed E-state index contributed by atoms with van der Waals surface area (Å²) in [7, 11) is 6.79. The van der Waals surface area contributed by atoms with Crippen molar-refractivity contribution in [3.8, 4) is 5.75 Å². The second-order valence-electron chi connectivity index (χ2n) is 10.5. The highest BCUT2D eigenvalue weighted by molar-refractivity contribution is 6.25. The molecule has 0 saturated carbocycles. The van der Waals surface area contributed by atoms with E-state index in [1.807, 2.05) is 14.1 Å². The first-order chi connectivity index (χ1) is 17.7. The predicted molar refractivity (Wildman–Crippen MR) is 136 cm³/mol. The van der Waals surface area contributed by atoms with E-state index < -0.39 is 58.0 Å². The molecule has 4 atom stereocenters. The number of ketones is 2. The molecule has 0 bridgehead atoms. The lowest BCUT2D eigenvalue weighted by atomic mass is 9.58. The van der Waals surface area contributed by atoms with E-state index in [1.54, 1.807) is 32.0 Å². The fraction of sp³-hybridized carbons (Fsp3) is 0.462. The number of nitrogens with zero attached hydrogens (tertiary/aromatic N) is 3. The first kappa shape index (κ1) is 27.3. The zero-order valence-electron chi connectivity index (χ0n) is 21.8. The molecule has 0 radical (unpaired) electrons. The smallest absolute Gasteiger partial charge is 0.255 e. The summed E-state index contributed by atoms with van der Waals surface area (Å²) in [4.78, 5) is 47.7. The number of fused-ring (bicyclic) bond motifs is 3. The van der Waals surface area contributed by atoms with E-state index >= 15 is 0 Å². The number of nitrogens with two attached hydrogens (primary N) is 1. The van der Waals surface area contributed by atoms with Gasteiger partial charge in [-0.15, -0.1) is 0 Å². The number of aliphatic hydroxyl groups is 3. The molecule has 0 fully saturated rings. The summed E-state index contributed by atoms with van der Waals surface area (Å²) in [6.07, 6.45) is 0.174. The fourth-order valence-electron chi connectivity index (χ4n) is 5.88. The van der Waals surface area contributed by atoms with Gasteiger partial charge in [0, 0.05) is 17.1 Å². The van der Waals surface area contributed by atoms with Gasteiger partial charge in [0.2, 0.25) is 5.78 Å². The van der Waals surface area contributed by atoms with Crippen LogP contribution in [0.15, 0.2) is 40.0 Å². The van der Waals surface area contributed by atoms with Gasteiger partial charge in [0.25, 0.3) is 5.91 Å². The number of aliphatic hydroxyl groups excluding tert-OH is 2. The van der Waals surface area contributed by atoms with Crippen molar-refractivity contribution in [2.75, 3.05) is 34.9 Å². The van der Waals surface area contributed by atoms with E-state index in [2.05, 4.69) is 5.16 Å². The Hall–Kier alpha value is -3.74. The molecule has 6 N–H and O–H groups in total. The van der Waals surface area contributed by atoms with Gasteiger partial charge >= 0.3 is 0 Å². The molecule has 38 heavy (non-hydrogen) atoms. The molecule has 4 rings (SSSR count). The number of amides is 1. The highest BCUT2D eigenvalue weighted by atomic mass is 16.6. The second-order valence-corrected chi connectivity index (χ2v) is 10.5. The van der Waals surface area contributed by atoms with Crippen LogP contribution in [-0.4, -0.2) is 100.0 Å². The van der Waals surface area contributed by atoms with Crippen molar-refractivity contribution in [1.82, 2.24) is 9.80 Å². The Morgan fingerprint density at radius 3 is 2.42 bits per heavy atom. The van der Waals surface area contributed by atoms with Crippen molar-refractivity contribution in [2.45, 2.75) is 31.4 Å². The summed E-state index contributed by atoms with van der Waals surface area (Å²) in [5, 5.41) is 48.6. The number of carbonyl (C=O) groups excluding carboxylic acids is 3. The van der Waals surface area contributed by atoms with Gasteiger partial charge in [0.15, 0.2) is 18.1 Å². The van der Waals surface area contributed by atoms with Gasteiger partial charge in [-0.25, -0.2) is 0 Å². The van der Waals surface area contributed by atoms with E-state index in [9.17, 15) is 34.8 Å². The van der Waals surface area contributed by atoms with Gasteiger partial charge in [0.05, 0.1) is 17.3 Å². The lowest BCUT2D eigenvalue weighted by molar-refractivity contribution is -0.148. The van der Waals surface area contributed by atoms with Gasteiger partial charge in [-0.2, -0.15) is 0 Å².